The second-order valence-corrected chi connectivity index (χ2v) is 13.4. The van der Waals surface area contributed by atoms with Gasteiger partial charge in [0.25, 0.3) is 0 Å². The van der Waals surface area contributed by atoms with Crippen molar-refractivity contribution in [1.82, 2.24) is 4.57 Å². The molecule has 0 aliphatic carbocycles. The fourth-order valence-electron chi connectivity index (χ4n) is 7.93. The van der Waals surface area contributed by atoms with E-state index in [1.165, 1.54) is 65.6 Å². The van der Waals surface area contributed by atoms with Gasteiger partial charge in [-0.25, -0.2) is 0 Å². The zero-order valence-electron chi connectivity index (χ0n) is 28.5. The summed E-state index contributed by atoms with van der Waals surface area (Å²) in [5.41, 5.74) is 11.7. The number of nitrogens with zero attached hydrogens (tertiary/aromatic N) is 2. The average Bonchev–Trinajstić information content (AvgIpc) is 3.57. The molecule has 52 heavy (non-hydrogen) atoms. The second-order valence-electron chi connectivity index (χ2n) is 13.4. The molecular formula is C50H34N2. The van der Waals surface area contributed by atoms with Gasteiger partial charge in [-0.05, 0) is 111 Å². The molecule has 10 aromatic rings. The van der Waals surface area contributed by atoms with Gasteiger partial charge in [-0.15, -0.1) is 0 Å². The van der Waals surface area contributed by atoms with Crippen molar-refractivity contribution in [2.75, 3.05) is 4.90 Å². The van der Waals surface area contributed by atoms with Crippen LogP contribution < -0.4 is 4.90 Å². The Labute approximate surface area is 303 Å². The summed E-state index contributed by atoms with van der Waals surface area (Å²) in [6, 6.07) is 74.6. The molecule has 0 fully saturated rings. The summed E-state index contributed by atoms with van der Waals surface area (Å²) < 4.78 is 2.41. The number of fused-ring (bicyclic) bond motifs is 6. The first-order valence-corrected chi connectivity index (χ1v) is 17.9. The highest BCUT2D eigenvalue weighted by atomic mass is 15.1. The third-order valence-corrected chi connectivity index (χ3v) is 10.3. The summed E-state index contributed by atoms with van der Waals surface area (Å²) in [6.45, 7) is 0. The Morgan fingerprint density at radius 3 is 1.77 bits per heavy atom. The lowest BCUT2D eigenvalue weighted by Gasteiger charge is -2.26. The molecule has 0 aliphatic heterocycles. The molecule has 10 rings (SSSR count). The smallest absolute Gasteiger partial charge is 0.0547 e. The van der Waals surface area contributed by atoms with Crippen LogP contribution in [0.5, 0.6) is 0 Å². The number of rotatable bonds is 6. The number of hydrogen-bond donors (Lipinski definition) is 0. The first-order chi connectivity index (χ1) is 25.8. The van der Waals surface area contributed by atoms with Crippen LogP contribution in [0.25, 0.3) is 71.3 Å². The molecule has 0 atom stereocenters. The minimum Gasteiger partial charge on any atom is -0.310 e. The molecule has 2 nitrogen and oxygen atoms in total. The van der Waals surface area contributed by atoms with E-state index < -0.39 is 0 Å². The minimum atomic E-state index is 1.11. The van der Waals surface area contributed by atoms with E-state index in [2.05, 4.69) is 216 Å². The maximum Gasteiger partial charge on any atom is 0.0547 e. The van der Waals surface area contributed by atoms with Gasteiger partial charge in [0.15, 0.2) is 0 Å². The van der Waals surface area contributed by atoms with Gasteiger partial charge < -0.3 is 9.47 Å². The van der Waals surface area contributed by atoms with Gasteiger partial charge in [0.2, 0.25) is 0 Å². The minimum absolute atomic E-state index is 1.11. The van der Waals surface area contributed by atoms with Gasteiger partial charge >= 0.3 is 0 Å². The average molecular weight is 663 g/mol. The number of anilines is 3. The summed E-state index contributed by atoms with van der Waals surface area (Å²) in [7, 11) is 0. The van der Waals surface area contributed by atoms with Gasteiger partial charge in [-0.3, -0.25) is 0 Å². The fraction of sp³-hybridized carbons (Fsp3) is 0. The number of hydrogen-bond acceptors (Lipinski definition) is 1. The van der Waals surface area contributed by atoms with Crippen molar-refractivity contribution < 1.29 is 0 Å². The van der Waals surface area contributed by atoms with Crippen molar-refractivity contribution in [3.8, 4) is 27.9 Å². The summed E-state index contributed by atoms with van der Waals surface area (Å²) in [6.07, 6.45) is 0. The van der Waals surface area contributed by atoms with E-state index in [0.717, 1.165) is 22.7 Å². The quantitative estimate of drug-likeness (QED) is 0.172. The van der Waals surface area contributed by atoms with E-state index in [4.69, 9.17) is 0 Å². The lowest BCUT2D eigenvalue weighted by molar-refractivity contribution is 1.18. The Morgan fingerprint density at radius 2 is 0.942 bits per heavy atom. The number of benzene rings is 9. The summed E-state index contributed by atoms with van der Waals surface area (Å²) in [5, 5.41) is 7.56. The van der Waals surface area contributed by atoms with Crippen molar-refractivity contribution >= 4 is 60.4 Å². The Morgan fingerprint density at radius 1 is 0.327 bits per heavy atom. The number of para-hydroxylation sites is 2. The highest BCUT2D eigenvalue weighted by molar-refractivity contribution is 6.25. The topological polar surface area (TPSA) is 8.17 Å². The predicted molar refractivity (Wildman–Crippen MR) is 221 cm³/mol. The van der Waals surface area contributed by atoms with Gasteiger partial charge in [0, 0.05) is 33.5 Å². The van der Waals surface area contributed by atoms with E-state index in [9.17, 15) is 0 Å². The molecule has 0 aliphatic rings. The third-order valence-electron chi connectivity index (χ3n) is 10.3. The van der Waals surface area contributed by atoms with Crippen LogP contribution in [0.1, 0.15) is 0 Å². The molecule has 1 aromatic heterocycles. The molecule has 0 N–H and O–H groups in total. The Hall–Kier alpha value is -6.90. The van der Waals surface area contributed by atoms with Crippen LogP contribution in [0.15, 0.2) is 206 Å². The molecule has 0 spiro atoms. The van der Waals surface area contributed by atoms with Crippen molar-refractivity contribution in [3.63, 3.8) is 0 Å². The van der Waals surface area contributed by atoms with Crippen molar-refractivity contribution in [2.45, 2.75) is 0 Å². The first kappa shape index (κ1) is 30.0. The zero-order valence-corrected chi connectivity index (χ0v) is 28.5. The Kier molecular flexibility index (Phi) is 7.18. The summed E-state index contributed by atoms with van der Waals surface area (Å²) in [5.74, 6) is 0. The van der Waals surface area contributed by atoms with Gasteiger partial charge in [-0.2, -0.15) is 0 Å². The van der Waals surface area contributed by atoms with Gasteiger partial charge in [0.05, 0.1) is 11.0 Å². The lowest BCUT2D eigenvalue weighted by atomic mass is 9.96. The maximum absolute atomic E-state index is 2.41. The monoisotopic (exact) mass is 662 g/mol. The predicted octanol–water partition coefficient (Wildman–Crippen LogP) is 13.9. The Bertz CT molecular complexity index is 2890. The van der Waals surface area contributed by atoms with Crippen LogP contribution in [0, 0.1) is 0 Å². The molecule has 0 unspecified atom stereocenters. The SMILES string of the molecule is c1ccc(N(c2ccc(-c3ccc4ccccc4c3)cc2)c2cccc(-c3cccc4c3c3c5ccccc5ccc3n4-c3ccccc3)c2)cc1. The lowest BCUT2D eigenvalue weighted by Crippen LogP contribution is -2.09. The van der Waals surface area contributed by atoms with E-state index in [1.807, 2.05) is 0 Å². The molecule has 0 radical (unpaired) electrons. The van der Waals surface area contributed by atoms with Crippen LogP contribution in [0.2, 0.25) is 0 Å². The highest BCUT2D eigenvalue weighted by Crippen LogP contribution is 2.43. The van der Waals surface area contributed by atoms with Crippen LogP contribution in [0.3, 0.4) is 0 Å². The van der Waals surface area contributed by atoms with E-state index in [-0.39, 0.29) is 0 Å². The largest absolute Gasteiger partial charge is 0.310 e. The zero-order chi connectivity index (χ0) is 34.4. The first-order valence-electron chi connectivity index (χ1n) is 17.9. The normalized spacial score (nSPS) is 11.5. The van der Waals surface area contributed by atoms with E-state index in [0.29, 0.717) is 0 Å². The fourth-order valence-corrected chi connectivity index (χ4v) is 7.93. The Balaban J connectivity index is 1.14. The molecule has 0 bridgehead atoms. The molecule has 1 heterocycles. The van der Waals surface area contributed by atoms with Crippen LogP contribution in [-0.4, -0.2) is 4.57 Å². The van der Waals surface area contributed by atoms with E-state index in [1.54, 1.807) is 0 Å². The number of aromatic nitrogens is 1. The maximum atomic E-state index is 2.41. The molecular weight excluding hydrogens is 629 g/mol. The second kappa shape index (κ2) is 12.5. The van der Waals surface area contributed by atoms with Crippen molar-refractivity contribution in [1.29, 1.82) is 0 Å². The standard InChI is InChI=1S/C50H34N2/c1-3-17-41(18-4-1)51(43-30-27-36(28-31-43)39-26-25-35-13-7-8-15-38(35)33-39)44-21-11-16-40(34-44)46-23-12-24-47-50(46)49-45-22-10-9-14-37(45)29-32-48(49)52(47)42-19-5-2-6-20-42/h1-34H. The molecule has 0 saturated heterocycles. The van der Waals surface area contributed by atoms with Crippen molar-refractivity contribution in [2.24, 2.45) is 0 Å². The van der Waals surface area contributed by atoms with Crippen molar-refractivity contribution in [3.05, 3.63) is 206 Å². The van der Waals surface area contributed by atoms with Crippen LogP contribution >= 0.6 is 0 Å². The molecule has 0 saturated carbocycles. The third kappa shape index (κ3) is 5.04. The van der Waals surface area contributed by atoms with Crippen LogP contribution in [0.4, 0.5) is 17.1 Å². The summed E-state index contributed by atoms with van der Waals surface area (Å²) >= 11 is 0. The van der Waals surface area contributed by atoms with Gasteiger partial charge in [0.1, 0.15) is 0 Å². The molecule has 2 heteroatoms. The molecule has 244 valence electrons. The summed E-state index contributed by atoms with van der Waals surface area (Å²) in [4.78, 5) is 2.36. The van der Waals surface area contributed by atoms with Crippen LogP contribution in [-0.2, 0) is 0 Å². The molecule has 0 amide bonds. The van der Waals surface area contributed by atoms with Gasteiger partial charge in [-0.1, -0.05) is 140 Å². The van der Waals surface area contributed by atoms with E-state index >= 15 is 0 Å². The highest BCUT2D eigenvalue weighted by Gasteiger charge is 2.19. The molecule has 9 aromatic carbocycles.